The van der Waals surface area contributed by atoms with Crippen molar-refractivity contribution in [3.05, 3.63) is 16.8 Å². The summed E-state index contributed by atoms with van der Waals surface area (Å²) in [6, 6.07) is 1.91. The van der Waals surface area contributed by atoms with Gasteiger partial charge in [0.25, 0.3) is 0 Å². The zero-order valence-corrected chi connectivity index (χ0v) is 8.93. The van der Waals surface area contributed by atoms with Crippen LogP contribution in [0.15, 0.2) is 16.8 Å². The van der Waals surface area contributed by atoms with E-state index in [9.17, 15) is 0 Å². The summed E-state index contributed by atoms with van der Waals surface area (Å²) in [6.07, 6.45) is 0. The molecule has 0 unspecified atom stereocenters. The molecule has 0 radical (unpaired) electrons. The van der Waals surface area contributed by atoms with E-state index in [-0.39, 0.29) is 11.9 Å². The number of hydrogen-bond donors (Lipinski definition) is 3. The maximum Gasteiger partial charge on any atom is 0.204 e. The van der Waals surface area contributed by atoms with Crippen LogP contribution in [0.5, 0.6) is 0 Å². The molecule has 1 rings (SSSR count). The van der Waals surface area contributed by atoms with Gasteiger partial charge in [-0.05, 0) is 11.4 Å². The topological polar surface area (TPSA) is 80.2 Å². The fraction of sp³-hybridized carbons (Fsp3) is 0.250. The van der Waals surface area contributed by atoms with Crippen molar-refractivity contribution in [3.8, 4) is 0 Å². The fourth-order valence-corrected chi connectivity index (χ4v) is 1.58. The molecule has 0 fully saturated rings. The highest BCUT2D eigenvalue weighted by Crippen LogP contribution is 2.16. The Balaban J connectivity index is 2.76. The highest BCUT2D eigenvalue weighted by atomic mass is 32.1. The summed E-state index contributed by atoms with van der Waals surface area (Å²) in [5.41, 5.74) is 6.20. The van der Waals surface area contributed by atoms with Crippen LogP contribution in [0.3, 0.4) is 0 Å². The second-order valence-electron chi connectivity index (χ2n) is 2.81. The maximum absolute atomic E-state index is 7.74. The summed E-state index contributed by atoms with van der Waals surface area (Å²) in [7, 11) is 3.36. The van der Waals surface area contributed by atoms with Crippen LogP contribution >= 0.6 is 11.3 Å². The minimum Gasteiger partial charge on any atom is -0.370 e. The molecule has 0 bridgehead atoms. The molecule has 1 heterocycles. The number of anilines is 1. The van der Waals surface area contributed by atoms with Crippen LogP contribution in [-0.2, 0) is 0 Å². The van der Waals surface area contributed by atoms with Gasteiger partial charge in [-0.25, -0.2) is 0 Å². The predicted molar refractivity (Wildman–Crippen MR) is 60.1 cm³/mol. The minimum atomic E-state index is -0.142. The van der Waals surface area contributed by atoms with Crippen LogP contribution in [-0.4, -0.2) is 30.9 Å². The lowest BCUT2D eigenvalue weighted by molar-refractivity contribution is 0.708. The Morgan fingerprint density at radius 1 is 1.43 bits per heavy atom. The average molecular weight is 211 g/mol. The Bertz CT molecular complexity index is 332. The first-order valence-electron chi connectivity index (χ1n) is 3.96. The molecule has 0 atom stereocenters. The summed E-state index contributed by atoms with van der Waals surface area (Å²) in [5, 5.41) is 18.8. The van der Waals surface area contributed by atoms with Crippen molar-refractivity contribution in [1.82, 2.24) is 4.90 Å². The Hall–Kier alpha value is -1.56. The molecule has 5 nitrogen and oxygen atoms in total. The van der Waals surface area contributed by atoms with Gasteiger partial charge < -0.3 is 10.6 Å². The van der Waals surface area contributed by atoms with Gasteiger partial charge in [0.15, 0.2) is 5.96 Å². The average Bonchev–Trinajstić information content (AvgIpc) is 2.67. The summed E-state index contributed by atoms with van der Waals surface area (Å²) in [6.45, 7) is 0. The lowest BCUT2D eigenvalue weighted by Crippen LogP contribution is -2.45. The monoisotopic (exact) mass is 211 g/mol. The number of nitrogens with two attached hydrogens (primary N) is 1. The van der Waals surface area contributed by atoms with Crippen molar-refractivity contribution in [2.45, 2.75) is 0 Å². The van der Waals surface area contributed by atoms with Crippen molar-refractivity contribution in [2.75, 3.05) is 19.0 Å². The van der Waals surface area contributed by atoms with Gasteiger partial charge in [0, 0.05) is 19.5 Å². The summed E-state index contributed by atoms with van der Waals surface area (Å²) in [4.78, 5) is 2.97. The largest absolute Gasteiger partial charge is 0.370 e. The molecular weight excluding hydrogens is 198 g/mol. The van der Waals surface area contributed by atoms with Gasteiger partial charge in [0.1, 0.15) is 0 Å². The van der Waals surface area contributed by atoms with E-state index in [0.717, 1.165) is 5.69 Å². The van der Waals surface area contributed by atoms with Gasteiger partial charge in [0.05, 0.1) is 5.69 Å². The van der Waals surface area contributed by atoms with Crippen LogP contribution < -0.4 is 10.6 Å². The number of rotatable bonds is 1. The van der Waals surface area contributed by atoms with Crippen LogP contribution in [0.25, 0.3) is 0 Å². The predicted octanol–water partition coefficient (Wildman–Crippen LogP) is 0.944. The van der Waals surface area contributed by atoms with Crippen LogP contribution in [0.2, 0.25) is 0 Å². The second-order valence-corrected chi connectivity index (χ2v) is 3.59. The molecule has 6 heteroatoms. The molecule has 4 N–H and O–H groups in total. The molecule has 0 saturated heterocycles. The highest BCUT2D eigenvalue weighted by molar-refractivity contribution is 7.08. The van der Waals surface area contributed by atoms with Gasteiger partial charge in [-0.3, -0.25) is 15.7 Å². The number of thiophene rings is 1. The normalized spacial score (nSPS) is 9.57. The number of nitrogens with zero attached hydrogens (tertiary/aromatic N) is 2. The lowest BCUT2D eigenvalue weighted by atomic mass is 10.5. The Morgan fingerprint density at radius 2 is 2.07 bits per heavy atom. The second kappa shape index (κ2) is 4.10. The molecule has 0 amide bonds. The SMILES string of the molecule is CN(C(=N)N)C(=N)N(C)c1ccsc1. The molecule has 1 aromatic rings. The Morgan fingerprint density at radius 3 is 2.50 bits per heavy atom. The molecule has 0 saturated carbocycles. The smallest absolute Gasteiger partial charge is 0.204 e. The van der Waals surface area contributed by atoms with Crippen molar-refractivity contribution in [1.29, 1.82) is 10.8 Å². The summed E-state index contributed by atoms with van der Waals surface area (Å²) < 4.78 is 0. The summed E-state index contributed by atoms with van der Waals surface area (Å²) >= 11 is 1.56. The van der Waals surface area contributed by atoms with E-state index in [1.807, 2.05) is 16.8 Å². The van der Waals surface area contributed by atoms with E-state index in [4.69, 9.17) is 16.6 Å². The van der Waals surface area contributed by atoms with Crippen molar-refractivity contribution in [2.24, 2.45) is 5.73 Å². The first-order valence-corrected chi connectivity index (χ1v) is 4.90. The maximum atomic E-state index is 7.74. The van der Waals surface area contributed by atoms with Crippen molar-refractivity contribution >= 4 is 28.9 Å². The van der Waals surface area contributed by atoms with Gasteiger partial charge in [-0.15, -0.1) is 0 Å². The summed E-state index contributed by atoms with van der Waals surface area (Å²) in [5.74, 6) is 0.0352. The molecular formula is C8H13N5S. The van der Waals surface area contributed by atoms with Crippen molar-refractivity contribution in [3.63, 3.8) is 0 Å². The van der Waals surface area contributed by atoms with E-state index in [1.165, 1.54) is 4.90 Å². The molecule has 0 aliphatic heterocycles. The standard InChI is InChI=1S/C8H13N5S/c1-12(6-3-4-14-5-6)8(11)13(2)7(9)10/h3-5,11H,1-2H3,(H3,9,10). The van der Waals surface area contributed by atoms with Gasteiger partial charge in [-0.2, -0.15) is 11.3 Å². The molecule has 0 aromatic carbocycles. The number of guanidine groups is 2. The molecule has 0 aliphatic carbocycles. The number of hydrogen-bond acceptors (Lipinski definition) is 3. The van der Waals surface area contributed by atoms with Crippen LogP contribution in [0, 0.1) is 10.8 Å². The zero-order valence-electron chi connectivity index (χ0n) is 8.11. The third kappa shape index (κ3) is 2.02. The highest BCUT2D eigenvalue weighted by Gasteiger charge is 2.13. The van der Waals surface area contributed by atoms with Crippen LogP contribution in [0.4, 0.5) is 5.69 Å². The van der Waals surface area contributed by atoms with Gasteiger partial charge >= 0.3 is 0 Å². The molecule has 0 spiro atoms. The van der Waals surface area contributed by atoms with Crippen molar-refractivity contribution < 1.29 is 0 Å². The van der Waals surface area contributed by atoms with Gasteiger partial charge in [-0.1, -0.05) is 0 Å². The fourth-order valence-electron chi connectivity index (χ4n) is 0.910. The minimum absolute atomic E-state index is 0.142. The third-order valence-electron chi connectivity index (χ3n) is 1.89. The Labute approximate surface area is 86.8 Å². The molecule has 0 aliphatic rings. The molecule has 1 aromatic heterocycles. The van der Waals surface area contributed by atoms with E-state index >= 15 is 0 Å². The first-order chi connectivity index (χ1) is 6.54. The molecule has 76 valence electrons. The van der Waals surface area contributed by atoms with E-state index in [2.05, 4.69) is 0 Å². The van der Waals surface area contributed by atoms with E-state index < -0.39 is 0 Å². The zero-order chi connectivity index (χ0) is 10.7. The van der Waals surface area contributed by atoms with E-state index in [1.54, 1.807) is 30.3 Å². The van der Waals surface area contributed by atoms with Gasteiger partial charge in [0.2, 0.25) is 5.96 Å². The number of nitrogens with one attached hydrogen (secondary N) is 2. The van der Waals surface area contributed by atoms with Crippen LogP contribution in [0.1, 0.15) is 0 Å². The quantitative estimate of drug-likeness (QED) is 0.478. The Kier molecular flexibility index (Phi) is 3.08. The van der Waals surface area contributed by atoms with E-state index in [0.29, 0.717) is 0 Å². The first kappa shape index (κ1) is 10.5. The molecule has 14 heavy (non-hydrogen) atoms. The lowest BCUT2D eigenvalue weighted by Gasteiger charge is -2.25. The third-order valence-corrected chi connectivity index (χ3v) is 2.56.